The quantitative estimate of drug-likeness (QED) is 0.348. The van der Waals surface area contributed by atoms with Crippen LogP contribution in [0.1, 0.15) is 12.0 Å². The number of rotatable bonds is 6. The zero-order valence-corrected chi connectivity index (χ0v) is 19.7. The summed E-state index contributed by atoms with van der Waals surface area (Å²) in [5.74, 6) is -1.98. The Morgan fingerprint density at radius 2 is 2.00 bits per heavy atom. The van der Waals surface area contributed by atoms with E-state index in [-0.39, 0.29) is 41.3 Å². The van der Waals surface area contributed by atoms with Gasteiger partial charge in [-0.05, 0) is 24.1 Å². The fourth-order valence-corrected chi connectivity index (χ4v) is 5.45. The van der Waals surface area contributed by atoms with Crippen molar-refractivity contribution < 1.29 is 18.3 Å². The van der Waals surface area contributed by atoms with E-state index >= 15 is 0 Å². The lowest BCUT2D eigenvalue weighted by Crippen LogP contribution is -2.49. The Morgan fingerprint density at radius 1 is 1.19 bits per heavy atom. The summed E-state index contributed by atoms with van der Waals surface area (Å²) >= 11 is 0. The van der Waals surface area contributed by atoms with Gasteiger partial charge in [0.25, 0.3) is 0 Å². The van der Waals surface area contributed by atoms with Crippen molar-refractivity contribution in [3.63, 3.8) is 0 Å². The maximum absolute atomic E-state index is 14.9. The van der Waals surface area contributed by atoms with Crippen LogP contribution in [-0.4, -0.2) is 55.6 Å². The minimum atomic E-state index is -1.12. The van der Waals surface area contributed by atoms with Gasteiger partial charge in [0, 0.05) is 24.1 Å². The van der Waals surface area contributed by atoms with Crippen molar-refractivity contribution in [1.29, 1.82) is 0 Å². The van der Waals surface area contributed by atoms with Crippen LogP contribution < -0.4 is 26.8 Å². The highest BCUT2D eigenvalue weighted by Gasteiger charge is 2.71. The number of primary amides is 1. The third-order valence-electron chi connectivity index (χ3n) is 7.38. The number of carbonyl (C=O) groups is 1. The van der Waals surface area contributed by atoms with Gasteiger partial charge in [0.1, 0.15) is 23.2 Å². The van der Waals surface area contributed by atoms with Crippen molar-refractivity contribution in [1.82, 2.24) is 24.5 Å². The number of piperidine rings is 1. The number of anilines is 2. The first-order valence-corrected chi connectivity index (χ1v) is 11.5. The predicted molar refractivity (Wildman–Crippen MR) is 130 cm³/mol. The van der Waals surface area contributed by atoms with Crippen LogP contribution in [0.4, 0.5) is 20.3 Å². The predicted octanol–water partition coefficient (Wildman–Crippen LogP) is 1.20. The summed E-state index contributed by atoms with van der Waals surface area (Å²) < 4.78 is 36.0. The van der Waals surface area contributed by atoms with Crippen molar-refractivity contribution in [2.75, 3.05) is 24.3 Å². The highest BCUT2D eigenvalue weighted by atomic mass is 19.1. The van der Waals surface area contributed by atoms with Gasteiger partial charge in [0.15, 0.2) is 23.0 Å². The zero-order chi connectivity index (χ0) is 26.1. The van der Waals surface area contributed by atoms with E-state index in [1.54, 1.807) is 23.2 Å². The minimum Gasteiger partial charge on any atom is -0.494 e. The molecule has 1 aromatic carbocycles. The summed E-state index contributed by atoms with van der Waals surface area (Å²) in [5, 5.41) is 0. The molecule has 11 nitrogen and oxygen atoms in total. The third kappa shape index (κ3) is 3.38. The summed E-state index contributed by atoms with van der Waals surface area (Å²) in [6.07, 6.45) is 5.20. The number of halogens is 2. The molecule has 6 rings (SSSR count). The number of pyridine rings is 1. The molecule has 2 fully saturated rings. The Bertz CT molecular complexity index is 1580. The maximum Gasteiger partial charge on any atom is 0.240 e. The molecule has 1 saturated heterocycles. The molecule has 1 aliphatic carbocycles. The molecule has 0 bridgehead atoms. The normalized spacial score (nSPS) is 22.3. The van der Waals surface area contributed by atoms with Crippen LogP contribution in [0.5, 0.6) is 5.75 Å². The van der Waals surface area contributed by atoms with Crippen LogP contribution in [0.15, 0.2) is 37.1 Å². The first kappa shape index (κ1) is 23.0. The minimum absolute atomic E-state index is 0.0239. The van der Waals surface area contributed by atoms with Gasteiger partial charge in [-0.25, -0.2) is 23.7 Å². The van der Waals surface area contributed by atoms with Gasteiger partial charge in [-0.1, -0.05) is 0 Å². The molecule has 4 aromatic rings. The van der Waals surface area contributed by atoms with Crippen molar-refractivity contribution in [3.8, 4) is 17.0 Å². The lowest BCUT2D eigenvalue weighted by Gasteiger charge is -2.27. The molecule has 190 valence electrons. The number of carbonyl (C=O) groups excluding carboxylic acids is 1. The number of benzene rings is 1. The molecule has 3 aromatic heterocycles. The number of ether oxygens (including phenoxy) is 1. The lowest BCUT2D eigenvalue weighted by atomic mass is 10.1. The van der Waals surface area contributed by atoms with Crippen molar-refractivity contribution >= 4 is 28.6 Å². The first-order chi connectivity index (χ1) is 17.7. The summed E-state index contributed by atoms with van der Waals surface area (Å²) in [5.41, 5.74) is 19.3. The molecule has 1 saturated carbocycles. The second kappa shape index (κ2) is 8.06. The Morgan fingerprint density at radius 3 is 2.73 bits per heavy atom. The maximum atomic E-state index is 14.9. The fraction of sp³-hybridized carbons (Fsp3) is 0.292. The highest BCUT2D eigenvalue weighted by Crippen LogP contribution is 2.54. The summed E-state index contributed by atoms with van der Waals surface area (Å²) in [4.78, 5) is 31.1. The van der Waals surface area contributed by atoms with Gasteiger partial charge in [-0.2, -0.15) is 0 Å². The first-order valence-electron chi connectivity index (χ1n) is 11.5. The van der Waals surface area contributed by atoms with E-state index in [9.17, 15) is 13.6 Å². The molecule has 6 N–H and O–H groups in total. The van der Waals surface area contributed by atoms with Gasteiger partial charge in [0.2, 0.25) is 5.91 Å². The van der Waals surface area contributed by atoms with Crippen molar-refractivity contribution in [2.24, 2.45) is 17.4 Å². The lowest BCUT2D eigenvalue weighted by molar-refractivity contribution is -0.120. The number of nitrogen functional groups attached to an aromatic ring is 1. The zero-order valence-electron chi connectivity index (χ0n) is 19.7. The molecule has 13 heteroatoms. The number of nitrogens with two attached hydrogens (primary N) is 3. The average molecular weight is 508 g/mol. The number of hydrogen-bond donors (Lipinski definition) is 3. The van der Waals surface area contributed by atoms with Crippen LogP contribution in [0.2, 0.25) is 0 Å². The summed E-state index contributed by atoms with van der Waals surface area (Å²) in [7, 11) is 1.26. The fourth-order valence-electron chi connectivity index (χ4n) is 5.45. The molecule has 37 heavy (non-hydrogen) atoms. The van der Waals surface area contributed by atoms with E-state index in [1.807, 2.05) is 4.90 Å². The van der Waals surface area contributed by atoms with E-state index in [0.717, 1.165) is 12.1 Å². The Kier molecular flexibility index (Phi) is 5.02. The second-order valence-electron chi connectivity index (χ2n) is 9.30. The molecular formula is C24H23F2N9O2. The standard InChI is InChI=1S/C24H23F2N9O2/c1-37-18-6-14(25)12(5-15(18)26)16-4-11(8-34-10-33-19-21(27)31-9-32-22(19)34)17(7-30-16)35-3-2-13-20(35)24(13,29)23(28)36/h4-7,9-10,13,20H,2-3,8,29H2,1H3,(H2,28,36)(H2,27,31,32)/t13?,20?,24-/m1/s1. The van der Waals surface area contributed by atoms with E-state index in [1.165, 1.54) is 13.4 Å². The number of imidazole rings is 1. The SMILES string of the molecule is COc1cc(F)c(-c2cc(Cn3cnc4c(N)ncnc43)c(N3CCC4C3[C@@]4(N)C(N)=O)cn2)cc1F. The molecule has 2 unspecified atom stereocenters. The van der Waals surface area contributed by atoms with E-state index in [0.29, 0.717) is 35.4 Å². The molecule has 2 aliphatic rings. The average Bonchev–Trinajstić information content (AvgIpc) is 3.20. The Balaban J connectivity index is 1.47. The number of methoxy groups -OCH3 is 1. The Hall–Kier alpha value is -4.39. The molecule has 0 spiro atoms. The van der Waals surface area contributed by atoms with Gasteiger partial charge in [0.05, 0.1) is 43.6 Å². The van der Waals surface area contributed by atoms with Gasteiger partial charge >= 0.3 is 0 Å². The smallest absolute Gasteiger partial charge is 0.240 e. The van der Waals surface area contributed by atoms with Crippen molar-refractivity contribution in [3.05, 3.63) is 54.2 Å². The molecular weight excluding hydrogens is 484 g/mol. The van der Waals surface area contributed by atoms with Crippen molar-refractivity contribution in [2.45, 2.75) is 24.5 Å². The number of amides is 1. The molecule has 1 amide bonds. The van der Waals surface area contributed by atoms with Crippen LogP contribution in [0.25, 0.3) is 22.4 Å². The van der Waals surface area contributed by atoms with Gasteiger partial charge in [-0.3, -0.25) is 9.78 Å². The summed E-state index contributed by atoms with van der Waals surface area (Å²) in [6, 6.07) is 3.43. The molecule has 0 radical (unpaired) electrons. The third-order valence-corrected chi connectivity index (χ3v) is 7.38. The molecule has 4 heterocycles. The number of nitrogens with zero attached hydrogens (tertiary/aromatic N) is 6. The van der Waals surface area contributed by atoms with Gasteiger partial charge in [-0.15, -0.1) is 0 Å². The van der Waals surface area contributed by atoms with Crippen LogP contribution in [0.3, 0.4) is 0 Å². The van der Waals surface area contributed by atoms with E-state index in [2.05, 4.69) is 19.9 Å². The number of aromatic nitrogens is 5. The van der Waals surface area contributed by atoms with E-state index in [4.69, 9.17) is 21.9 Å². The topological polar surface area (TPSA) is 164 Å². The largest absolute Gasteiger partial charge is 0.494 e. The molecule has 3 atom stereocenters. The van der Waals surface area contributed by atoms with Crippen LogP contribution >= 0.6 is 0 Å². The van der Waals surface area contributed by atoms with Crippen LogP contribution in [-0.2, 0) is 11.3 Å². The van der Waals surface area contributed by atoms with Crippen LogP contribution in [0, 0.1) is 17.6 Å². The number of fused-ring (bicyclic) bond motifs is 2. The number of hydrogen-bond acceptors (Lipinski definition) is 9. The van der Waals surface area contributed by atoms with E-state index < -0.39 is 23.1 Å². The van der Waals surface area contributed by atoms with Gasteiger partial charge < -0.3 is 31.4 Å². The highest BCUT2D eigenvalue weighted by molar-refractivity contribution is 5.92. The summed E-state index contributed by atoms with van der Waals surface area (Å²) in [6.45, 7) is 0.890. The molecule has 1 aliphatic heterocycles. The second-order valence-corrected chi connectivity index (χ2v) is 9.30. The Labute approximate surface area is 209 Å². The monoisotopic (exact) mass is 507 g/mol.